The standard InChI is InChI=1S/C17H23N3O6S.ClH/c21-16(12-19-7-1-2-15(19)17(22)23)18-13-3-5-14(6-4-13)27(24,25)20-8-10-26-11-9-20;/h3-6,15H,1-2,7-12H2,(H,18,21)(H,22,23);1H. The lowest BCUT2D eigenvalue weighted by atomic mass is 10.2. The van der Waals surface area contributed by atoms with Gasteiger partial charge in [0, 0.05) is 18.8 Å². The van der Waals surface area contributed by atoms with E-state index in [0.717, 1.165) is 6.42 Å². The number of benzene rings is 1. The zero-order chi connectivity index (χ0) is 19.4. The van der Waals surface area contributed by atoms with Gasteiger partial charge < -0.3 is 15.2 Å². The molecule has 0 aromatic heterocycles. The summed E-state index contributed by atoms with van der Waals surface area (Å²) >= 11 is 0. The zero-order valence-corrected chi connectivity index (χ0v) is 16.9. The second-order valence-electron chi connectivity index (χ2n) is 6.56. The molecule has 0 spiro atoms. The number of nitrogens with zero attached hydrogens (tertiary/aromatic N) is 2. The highest BCUT2D eigenvalue weighted by Gasteiger charge is 2.31. The number of morpholine rings is 1. The van der Waals surface area contributed by atoms with Gasteiger partial charge in [-0.15, -0.1) is 12.4 Å². The molecule has 2 saturated heterocycles. The largest absolute Gasteiger partial charge is 0.480 e. The highest BCUT2D eigenvalue weighted by atomic mass is 35.5. The number of aliphatic carboxylic acids is 1. The van der Waals surface area contributed by atoms with Gasteiger partial charge in [0.2, 0.25) is 15.9 Å². The minimum absolute atomic E-state index is 0. The third-order valence-corrected chi connectivity index (χ3v) is 6.65. The SMILES string of the molecule is Cl.O=C(CN1CCCC1C(=O)O)Nc1ccc(S(=O)(=O)N2CCOCC2)cc1. The van der Waals surface area contributed by atoms with Crippen molar-refractivity contribution in [3.63, 3.8) is 0 Å². The lowest BCUT2D eigenvalue weighted by Gasteiger charge is -2.26. The van der Waals surface area contributed by atoms with Gasteiger partial charge in [0.1, 0.15) is 6.04 Å². The maximum absolute atomic E-state index is 12.6. The molecule has 0 radical (unpaired) electrons. The van der Waals surface area contributed by atoms with E-state index in [9.17, 15) is 18.0 Å². The summed E-state index contributed by atoms with van der Waals surface area (Å²) < 4.78 is 31.7. The molecule has 2 aliphatic heterocycles. The first-order chi connectivity index (χ1) is 12.9. The fourth-order valence-electron chi connectivity index (χ4n) is 3.33. The molecule has 2 fully saturated rings. The van der Waals surface area contributed by atoms with Gasteiger partial charge in [-0.1, -0.05) is 0 Å². The molecule has 28 heavy (non-hydrogen) atoms. The number of likely N-dealkylation sites (tertiary alicyclic amines) is 1. The molecule has 0 aliphatic carbocycles. The number of ether oxygens (including phenoxy) is 1. The van der Waals surface area contributed by atoms with E-state index in [2.05, 4.69) is 5.32 Å². The Hall–Kier alpha value is -1.72. The van der Waals surface area contributed by atoms with E-state index >= 15 is 0 Å². The smallest absolute Gasteiger partial charge is 0.320 e. The van der Waals surface area contributed by atoms with E-state index in [4.69, 9.17) is 9.84 Å². The first-order valence-corrected chi connectivity index (χ1v) is 10.3. The van der Waals surface area contributed by atoms with Crippen LogP contribution in [0, 0.1) is 0 Å². The number of nitrogens with one attached hydrogen (secondary N) is 1. The molecule has 11 heteroatoms. The monoisotopic (exact) mass is 433 g/mol. The average molecular weight is 434 g/mol. The molecule has 9 nitrogen and oxygen atoms in total. The number of amides is 1. The molecule has 2 heterocycles. The van der Waals surface area contributed by atoms with E-state index in [1.54, 1.807) is 4.90 Å². The van der Waals surface area contributed by atoms with Crippen LogP contribution in [0.4, 0.5) is 5.69 Å². The number of carbonyl (C=O) groups excluding carboxylic acids is 1. The van der Waals surface area contributed by atoms with Crippen LogP contribution >= 0.6 is 12.4 Å². The van der Waals surface area contributed by atoms with Crippen LogP contribution in [0.1, 0.15) is 12.8 Å². The molecule has 1 aromatic rings. The third kappa shape index (κ3) is 5.21. The number of rotatable bonds is 6. The van der Waals surface area contributed by atoms with E-state index < -0.39 is 22.0 Å². The number of carboxylic acids is 1. The number of carboxylic acid groups (broad SMARTS) is 1. The fraction of sp³-hybridized carbons (Fsp3) is 0.529. The molecule has 3 rings (SSSR count). The number of anilines is 1. The van der Waals surface area contributed by atoms with Gasteiger partial charge >= 0.3 is 5.97 Å². The van der Waals surface area contributed by atoms with E-state index in [0.29, 0.717) is 45.0 Å². The molecule has 156 valence electrons. The van der Waals surface area contributed by atoms with Crippen LogP contribution in [-0.2, 0) is 24.3 Å². The highest BCUT2D eigenvalue weighted by molar-refractivity contribution is 7.89. The predicted octanol–water partition coefficient (Wildman–Crippen LogP) is 0.617. The molecule has 1 unspecified atom stereocenters. The molecular weight excluding hydrogens is 410 g/mol. The summed E-state index contributed by atoms with van der Waals surface area (Å²) in [5, 5.41) is 11.8. The van der Waals surface area contributed by atoms with Gasteiger partial charge in [-0.25, -0.2) is 8.42 Å². The Labute approximate surface area is 170 Å². The van der Waals surface area contributed by atoms with Crippen molar-refractivity contribution >= 4 is 40.0 Å². The number of carbonyl (C=O) groups is 2. The van der Waals surface area contributed by atoms with Crippen molar-refractivity contribution in [1.82, 2.24) is 9.21 Å². The number of hydrogen-bond donors (Lipinski definition) is 2. The first kappa shape index (κ1) is 22.6. The van der Waals surface area contributed by atoms with Crippen molar-refractivity contribution < 1.29 is 27.9 Å². The van der Waals surface area contributed by atoms with Crippen molar-refractivity contribution in [2.75, 3.05) is 44.7 Å². The second kappa shape index (κ2) is 9.66. The predicted molar refractivity (Wildman–Crippen MR) is 104 cm³/mol. The lowest BCUT2D eigenvalue weighted by molar-refractivity contribution is -0.142. The third-order valence-electron chi connectivity index (χ3n) is 4.74. The van der Waals surface area contributed by atoms with Crippen molar-refractivity contribution in [1.29, 1.82) is 0 Å². The summed E-state index contributed by atoms with van der Waals surface area (Å²) in [6, 6.07) is 5.34. The molecule has 1 aromatic carbocycles. The van der Waals surface area contributed by atoms with Crippen LogP contribution in [-0.4, -0.2) is 80.0 Å². The minimum Gasteiger partial charge on any atom is -0.480 e. The summed E-state index contributed by atoms with van der Waals surface area (Å²) in [6.45, 7) is 1.96. The Morgan fingerprint density at radius 3 is 2.39 bits per heavy atom. The maximum atomic E-state index is 12.6. The summed E-state index contributed by atoms with van der Waals surface area (Å²) in [6.07, 6.45) is 1.29. The van der Waals surface area contributed by atoms with E-state index in [1.165, 1.54) is 28.6 Å². The van der Waals surface area contributed by atoms with Gasteiger partial charge in [-0.3, -0.25) is 14.5 Å². The van der Waals surface area contributed by atoms with E-state index in [-0.39, 0.29) is 29.8 Å². The van der Waals surface area contributed by atoms with Crippen LogP contribution in [0.15, 0.2) is 29.2 Å². The van der Waals surface area contributed by atoms with Gasteiger partial charge in [0.15, 0.2) is 0 Å². The minimum atomic E-state index is -3.58. The van der Waals surface area contributed by atoms with Gasteiger partial charge in [0.05, 0.1) is 24.7 Å². The normalized spacial score (nSPS) is 21.1. The van der Waals surface area contributed by atoms with Crippen LogP contribution in [0.5, 0.6) is 0 Å². The zero-order valence-electron chi connectivity index (χ0n) is 15.2. The second-order valence-corrected chi connectivity index (χ2v) is 8.49. The summed E-state index contributed by atoms with van der Waals surface area (Å²) in [5.41, 5.74) is 0.465. The Kier molecular flexibility index (Phi) is 7.79. The fourth-order valence-corrected chi connectivity index (χ4v) is 4.73. The van der Waals surface area contributed by atoms with Crippen molar-refractivity contribution in [2.45, 2.75) is 23.8 Å². The van der Waals surface area contributed by atoms with Crippen molar-refractivity contribution in [2.24, 2.45) is 0 Å². The van der Waals surface area contributed by atoms with Crippen LogP contribution in [0.3, 0.4) is 0 Å². The molecular formula is C17H24ClN3O6S. The molecule has 1 atom stereocenters. The number of hydrogen-bond acceptors (Lipinski definition) is 6. The lowest BCUT2D eigenvalue weighted by Crippen LogP contribution is -2.41. The Morgan fingerprint density at radius 2 is 1.79 bits per heavy atom. The van der Waals surface area contributed by atoms with Gasteiger partial charge in [0.25, 0.3) is 0 Å². The highest BCUT2D eigenvalue weighted by Crippen LogP contribution is 2.20. The van der Waals surface area contributed by atoms with E-state index in [1.807, 2.05) is 0 Å². The quantitative estimate of drug-likeness (QED) is 0.675. The Bertz CT molecular complexity index is 796. The van der Waals surface area contributed by atoms with Gasteiger partial charge in [-0.05, 0) is 43.7 Å². The van der Waals surface area contributed by atoms with Gasteiger partial charge in [-0.2, -0.15) is 4.31 Å². The van der Waals surface area contributed by atoms with Crippen LogP contribution < -0.4 is 5.32 Å². The first-order valence-electron chi connectivity index (χ1n) is 8.82. The number of halogens is 1. The van der Waals surface area contributed by atoms with Crippen LogP contribution in [0.2, 0.25) is 0 Å². The molecule has 1 amide bonds. The summed E-state index contributed by atoms with van der Waals surface area (Å²) in [4.78, 5) is 25.1. The molecule has 2 N–H and O–H groups in total. The summed E-state index contributed by atoms with van der Waals surface area (Å²) in [5.74, 6) is -1.25. The van der Waals surface area contributed by atoms with Crippen molar-refractivity contribution in [3.05, 3.63) is 24.3 Å². The Balaban J connectivity index is 0.00000280. The maximum Gasteiger partial charge on any atom is 0.320 e. The molecule has 0 saturated carbocycles. The molecule has 0 bridgehead atoms. The van der Waals surface area contributed by atoms with Crippen LogP contribution in [0.25, 0.3) is 0 Å². The van der Waals surface area contributed by atoms with Crippen molar-refractivity contribution in [3.8, 4) is 0 Å². The molecule has 2 aliphatic rings. The number of sulfonamides is 1. The topological polar surface area (TPSA) is 116 Å². The Morgan fingerprint density at radius 1 is 1.14 bits per heavy atom. The average Bonchev–Trinajstić information content (AvgIpc) is 3.11. The summed E-state index contributed by atoms with van der Waals surface area (Å²) in [7, 11) is -3.58.